The molecule has 1 aromatic carbocycles. The summed E-state index contributed by atoms with van der Waals surface area (Å²) < 4.78 is 10.6. The van der Waals surface area contributed by atoms with E-state index in [0.717, 1.165) is 37.6 Å². The number of ether oxygens (including phenoxy) is 2. The normalized spacial score (nSPS) is 20.0. The third-order valence-corrected chi connectivity index (χ3v) is 3.09. The molecule has 17 heavy (non-hydrogen) atoms. The van der Waals surface area contributed by atoms with E-state index in [1.807, 2.05) is 12.1 Å². The summed E-state index contributed by atoms with van der Waals surface area (Å²) in [5, 5.41) is 6.89. The number of benzene rings is 1. The molecule has 0 amide bonds. The van der Waals surface area contributed by atoms with Crippen LogP contribution in [-0.4, -0.2) is 39.9 Å². The lowest BCUT2D eigenvalue weighted by molar-refractivity contribution is 0.381. The Labute approximate surface area is 102 Å². The zero-order chi connectivity index (χ0) is 12.1. The van der Waals surface area contributed by atoms with Gasteiger partial charge in [-0.25, -0.2) is 0 Å². The van der Waals surface area contributed by atoms with Crippen LogP contribution in [0.5, 0.6) is 11.5 Å². The van der Waals surface area contributed by atoms with Gasteiger partial charge in [-0.05, 0) is 18.1 Å². The van der Waals surface area contributed by atoms with Crippen LogP contribution in [0.3, 0.4) is 0 Å². The first kappa shape index (κ1) is 12.2. The first-order valence-corrected chi connectivity index (χ1v) is 5.98. The highest BCUT2D eigenvalue weighted by atomic mass is 16.5. The summed E-state index contributed by atoms with van der Waals surface area (Å²) in [6, 6.07) is 6.47. The summed E-state index contributed by atoms with van der Waals surface area (Å²) >= 11 is 0. The second-order valence-electron chi connectivity index (χ2n) is 4.24. The minimum atomic E-state index is 0.478. The van der Waals surface area contributed by atoms with E-state index in [4.69, 9.17) is 9.47 Å². The van der Waals surface area contributed by atoms with E-state index in [9.17, 15) is 0 Å². The van der Waals surface area contributed by atoms with E-state index >= 15 is 0 Å². The Kier molecular flexibility index (Phi) is 4.23. The largest absolute Gasteiger partial charge is 0.497 e. The van der Waals surface area contributed by atoms with Crippen LogP contribution in [0.25, 0.3) is 0 Å². The van der Waals surface area contributed by atoms with Crippen LogP contribution in [0.1, 0.15) is 5.56 Å². The molecule has 1 heterocycles. The Morgan fingerprint density at radius 2 is 2.12 bits per heavy atom. The molecule has 1 aliphatic rings. The fraction of sp³-hybridized carbons (Fsp3) is 0.538. The zero-order valence-electron chi connectivity index (χ0n) is 10.5. The van der Waals surface area contributed by atoms with Crippen LogP contribution in [-0.2, 0) is 6.42 Å². The molecule has 1 atom stereocenters. The first-order valence-electron chi connectivity index (χ1n) is 5.98. The Morgan fingerprint density at radius 3 is 2.76 bits per heavy atom. The lowest BCUT2D eigenvalue weighted by Crippen LogP contribution is -2.49. The quantitative estimate of drug-likeness (QED) is 0.812. The van der Waals surface area contributed by atoms with Crippen LogP contribution in [0.15, 0.2) is 18.2 Å². The number of nitrogens with one attached hydrogen (secondary N) is 2. The molecule has 1 aliphatic heterocycles. The molecule has 0 aliphatic carbocycles. The fourth-order valence-corrected chi connectivity index (χ4v) is 2.14. The van der Waals surface area contributed by atoms with Crippen LogP contribution in [0.2, 0.25) is 0 Å². The van der Waals surface area contributed by atoms with Crippen LogP contribution in [0.4, 0.5) is 0 Å². The van der Waals surface area contributed by atoms with E-state index < -0.39 is 0 Å². The van der Waals surface area contributed by atoms with Gasteiger partial charge in [-0.3, -0.25) is 0 Å². The molecule has 4 heteroatoms. The highest BCUT2D eigenvalue weighted by molar-refractivity contribution is 5.41. The lowest BCUT2D eigenvalue weighted by Gasteiger charge is -2.25. The average Bonchev–Trinajstić information content (AvgIpc) is 2.40. The highest BCUT2D eigenvalue weighted by Crippen LogP contribution is 2.25. The summed E-state index contributed by atoms with van der Waals surface area (Å²) in [6.07, 6.45) is 0.972. The highest BCUT2D eigenvalue weighted by Gasteiger charge is 2.15. The summed E-state index contributed by atoms with van der Waals surface area (Å²) in [7, 11) is 3.37. The van der Waals surface area contributed by atoms with Gasteiger partial charge in [0.05, 0.1) is 14.2 Å². The molecule has 0 radical (unpaired) electrons. The molecule has 1 aromatic rings. The molecule has 2 rings (SSSR count). The molecule has 4 nitrogen and oxygen atoms in total. The average molecular weight is 236 g/mol. The third-order valence-electron chi connectivity index (χ3n) is 3.09. The summed E-state index contributed by atoms with van der Waals surface area (Å²) in [6.45, 7) is 3.09. The van der Waals surface area contributed by atoms with E-state index in [-0.39, 0.29) is 0 Å². The van der Waals surface area contributed by atoms with Crippen molar-refractivity contribution in [3.8, 4) is 11.5 Å². The number of methoxy groups -OCH3 is 2. The summed E-state index contributed by atoms with van der Waals surface area (Å²) in [4.78, 5) is 0. The molecular formula is C13H20N2O2. The molecule has 0 spiro atoms. The van der Waals surface area contributed by atoms with Crippen LogP contribution < -0.4 is 20.1 Å². The van der Waals surface area contributed by atoms with Gasteiger partial charge in [-0.15, -0.1) is 0 Å². The second-order valence-corrected chi connectivity index (χ2v) is 4.24. The molecule has 0 unspecified atom stereocenters. The number of hydrogen-bond acceptors (Lipinski definition) is 4. The smallest absolute Gasteiger partial charge is 0.125 e. The minimum Gasteiger partial charge on any atom is -0.497 e. The van der Waals surface area contributed by atoms with Crippen molar-refractivity contribution >= 4 is 0 Å². The molecule has 94 valence electrons. The van der Waals surface area contributed by atoms with E-state index in [2.05, 4.69) is 16.7 Å². The van der Waals surface area contributed by atoms with Crippen molar-refractivity contribution in [1.82, 2.24) is 10.6 Å². The van der Waals surface area contributed by atoms with Gasteiger partial charge < -0.3 is 20.1 Å². The second kappa shape index (κ2) is 5.89. The first-order chi connectivity index (χ1) is 8.33. The van der Waals surface area contributed by atoms with Crippen LogP contribution in [0, 0.1) is 0 Å². The Balaban J connectivity index is 2.08. The molecular weight excluding hydrogens is 216 g/mol. The van der Waals surface area contributed by atoms with E-state index in [0.29, 0.717) is 6.04 Å². The maximum absolute atomic E-state index is 5.40. The fourth-order valence-electron chi connectivity index (χ4n) is 2.14. The molecule has 0 bridgehead atoms. The molecule has 1 fully saturated rings. The van der Waals surface area contributed by atoms with E-state index in [1.165, 1.54) is 5.56 Å². The van der Waals surface area contributed by atoms with Crippen molar-refractivity contribution in [2.24, 2.45) is 0 Å². The van der Waals surface area contributed by atoms with Gasteiger partial charge in [0.15, 0.2) is 0 Å². The van der Waals surface area contributed by atoms with Gasteiger partial charge >= 0.3 is 0 Å². The van der Waals surface area contributed by atoms with Gasteiger partial charge in [-0.2, -0.15) is 0 Å². The van der Waals surface area contributed by atoms with Crippen molar-refractivity contribution in [3.63, 3.8) is 0 Å². The van der Waals surface area contributed by atoms with Crippen molar-refractivity contribution in [2.45, 2.75) is 12.5 Å². The van der Waals surface area contributed by atoms with Crippen LogP contribution >= 0.6 is 0 Å². The van der Waals surface area contributed by atoms with Gasteiger partial charge in [0.2, 0.25) is 0 Å². The van der Waals surface area contributed by atoms with Crippen molar-refractivity contribution < 1.29 is 9.47 Å². The maximum Gasteiger partial charge on any atom is 0.125 e. The molecule has 0 saturated carbocycles. The molecule has 0 aromatic heterocycles. The standard InChI is InChI=1S/C13H20N2O2/c1-16-12-4-3-10(13(8-12)17-2)7-11-9-14-5-6-15-11/h3-4,8,11,14-15H,5-7,9H2,1-2H3/t11-/m1/s1. The monoisotopic (exact) mass is 236 g/mol. The van der Waals surface area contributed by atoms with Gasteiger partial charge in [-0.1, -0.05) is 6.07 Å². The lowest BCUT2D eigenvalue weighted by atomic mass is 10.0. The van der Waals surface area contributed by atoms with Crippen molar-refractivity contribution in [3.05, 3.63) is 23.8 Å². The van der Waals surface area contributed by atoms with Crippen molar-refractivity contribution in [2.75, 3.05) is 33.9 Å². The maximum atomic E-state index is 5.40. The number of rotatable bonds is 4. The van der Waals surface area contributed by atoms with Gasteiger partial charge in [0.25, 0.3) is 0 Å². The molecule has 1 saturated heterocycles. The van der Waals surface area contributed by atoms with Gasteiger partial charge in [0.1, 0.15) is 11.5 Å². The van der Waals surface area contributed by atoms with Crippen molar-refractivity contribution in [1.29, 1.82) is 0 Å². The third kappa shape index (κ3) is 3.11. The topological polar surface area (TPSA) is 42.5 Å². The molecule has 2 N–H and O–H groups in total. The number of piperazine rings is 1. The Morgan fingerprint density at radius 1 is 1.24 bits per heavy atom. The van der Waals surface area contributed by atoms with Gasteiger partial charge in [0, 0.05) is 31.7 Å². The zero-order valence-corrected chi connectivity index (χ0v) is 10.5. The van der Waals surface area contributed by atoms with E-state index in [1.54, 1.807) is 14.2 Å². The predicted octanol–water partition coefficient (Wildman–Crippen LogP) is 0.808. The Hall–Kier alpha value is -1.26. The predicted molar refractivity (Wildman–Crippen MR) is 67.9 cm³/mol. The summed E-state index contributed by atoms with van der Waals surface area (Å²) in [5.74, 6) is 1.73. The SMILES string of the molecule is COc1ccc(C[C@@H]2CNCCN2)c(OC)c1. The number of hydrogen-bond donors (Lipinski definition) is 2. The summed E-state index contributed by atoms with van der Waals surface area (Å²) in [5.41, 5.74) is 1.22. The minimum absolute atomic E-state index is 0.478. The Bertz CT molecular complexity index is 362.